The van der Waals surface area contributed by atoms with Gasteiger partial charge in [-0.15, -0.1) is 0 Å². The van der Waals surface area contributed by atoms with Gasteiger partial charge in [0.25, 0.3) is 0 Å². The largest absolute Gasteiger partial charge is 0.309 e. The Kier molecular flexibility index (Phi) is 7.20. The van der Waals surface area contributed by atoms with Crippen LogP contribution in [0.5, 0.6) is 0 Å². The van der Waals surface area contributed by atoms with Crippen molar-refractivity contribution in [2.75, 3.05) is 0 Å². The van der Waals surface area contributed by atoms with Crippen LogP contribution in [0, 0.1) is 0 Å². The number of hydrogen-bond donors (Lipinski definition) is 0. The molecule has 0 saturated carbocycles. The van der Waals surface area contributed by atoms with E-state index in [0.29, 0.717) is 5.95 Å². The molecule has 4 nitrogen and oxygen atoms in total. The second-order valence-electron chi connectivity index (χ2n) is 15.0. The molecule has 58 heavy (non-hydrogen) atoms. The molecule has 4 heteroatoms. The van der Waals surface area contributed by atoms with E-state index in [1.165, 1.54) is 54.7 Å². The second-order valence-corrected chi connectivity index (χ2v) is 15.0. The first-order chi connectivity index (χ1) is 28.8. The van der Waals surface area contributed by atoms with Crippen LogP contribution in [-0.4, -0.2) is 19.1 Å². The van der Waals surface area contributed by atoms with Crippen molar-refractivity contribution in [2.45, 2.75) is 0 Å². The predicted octanol–water partition coefficient (Wildman–Crippen LogP) is 14.0. The zero-order valence-corrected chi connectivity index (χ0v) is 31.4. The van der Waals surface area contributed by atoms with E-state index >= 15 is 0 Å². The van der Waals surface area contributed by atoms with Crippen LogP contribution in [0.25, 0.3) is 110 Å². The van der Waals surface area contributed by atoms with Gasteiger partial charge < -0.3 is 4.57 Å². The molecule has 0 aliphatic carbocycles. The van der Waals surface area contributed by atoms with Crippen LogP contribution in [0.4, 0.5) is 0 Å². The van der Waals surface area contributed by atoms with Crippen LogP contribution in [0.2, 0.25) is 0 Å². The lowest BCUT2D eigenvalue weighted by molar-refractivity contribution is 1.01. The monoisotopic (exact) mass is 738 g/mol. The van der Waals surface area contributed by atoms with Crippen molar-refractivity contribution in [1.82, 2.24) is 19.1 Å². The van der Waals surface area contributed by atoms with Gasteiger partial charge in [0.15, 0.2) is 0 Å². The van der Waals surface area contributed by atoms with Crippen molar-refractivity contribution in [2.24, 2.45) is 0 Å². The van der Waals surface area contributed by atoms with Crippen LogP contribution < -0.4 is 0 Å². The van der Waals surface area contributed by atoms with E-state index in [-0.39, 0.29) is 0 Å². The lowest BCUT2D eigenvalue weighted by atomic mass is 9.99. The highest BCUT2D eigenvalue weighted by Crippen LogP contribution is 2.41. The molecule has 12 aromatic rings. The lowest BCUT2D eigenvalue weighted by Gasteiger charge is -2.12. The van der Waals surface area contributed by atoms with E-state index in [9.17, 15) is 0 Å². The molecule has 0 radical (unpaired) electrons. The molecule has 0 fully saturated rings. The Hall–Kier alpha value is -7.82. The zero-order valence-electron chi connectivity index (χ0n) is 31.4. The van der Waals surface area contributed by atoms with Gasteiger partial charge in [-0.1, -0.05) is 152 Å². The molecule has 0 aliphatic rings. The standard InChI is InChI=1S/C54H34N4/c1-3-13-35(14-4-1)36-23-28-41(29-24-36)57-50-31-27-40(34-46(50)52-42-18-8-7-15-37(42)25-32-51(52)57)39-26-30-49-45(33-39)43-19-10-12-22-48(43)58(49)54-55-47-21-11-9-20-44(47)53(56-54)38-16-5-2-6-17-38/h1-34H. The molecule has 3 heterocycles. The summed E-state index contributed by atoms with van der Waals surface area (Å²) in [6, 6.07) is 73.9. The molecule has 0 aliphatic heterocycles. The average molecular weight is 739 g/mol. The van der Waals surface area contributed by atoms with E-state index < -0.39 is 0 Å². The summed E-state index contributed by atoms with van der Waals surface area (Å²) in [4.78, 5) is 10.4. The summed E-state index contributed by atoms with van der Waals surface area (Å²) in [5.74, 6) is 0.661. The summed E-state index contributed by atoms with van der Waals surface area (Å²) in [7, 11) is 0. The number of hydrogen-bond acceptors (Lipinski definition) is 2. The fourth-order valence-electron chi connectivity index (χ4n) is 9.03. The SMILES string of the molecule is c1ccc(-c2ccc(-n3c4ccc(-c5ccc6c(c5)c5ccccc5n6-c5nc(-c6ccccc6)c6ccccc6n5)cc4c4c5ccccc5ccc43)cc2)cc1. The third-order valence-corrected chi connectivity index (χ3v) is 11.7. The van der Waals surface area contributed by atoms with Crippen molar-refractivity contribution in [3.05, 3.63) is 206 Å². The van der Waals surface area contributed by atoms with Crippen LogP contribution >= 0.6 is 0 Å². The van der Waals surface area contributed by atoms with Crippen molar-refractivity contribution in [1.29, 1.82) is 0 Å². The maximum Gasteiger partial charge on any atom is 0.235 e. The van der Waals surface area contributed by atoms with Gasteiger partial charge in [0.05, 0.1) is 33.3 Å². The van der Waals surface area contributed by atoms with Crippen LogP contribution in [0.15, 0.2) is 206 Å². The Balaban J connectivity index is 1.05. The number of para-hydroxylation sites is 2. The van der Waals surface area contributed by atoms with Gasteiger partial charge in [-0.05, 0) is 87.6 Å². The predicted molar refractivity (Wildman–Crippen MR) is 242 cm³/mol. The highest BCUT2D eigenvalue weighted by Gasteiger charge is 2.20. The normalized spacial score (nSPS) is 11.8. The summed E-state index contributed by atoms with van der Waals surface area (Å²) < 4.78 is 4.64. The minimum Gasteiger partial charge on any atom is -0.309 e. The van der Waals surface area contributed by atoms with Crippen molar-refractivity contribution < 1.29 is 0 Å². The van der Waals surface area contributed by atoms with Gasteiger partial charge in [-0.3, -0.25) is 4.57 Å². The minimum absolute atomic E-state index is 0.661. The first-order valence-electron chi connectivity index (χ1n) is 19.7. The van der Waals surface area contributed by atoms with E-state index in [1.54, 1.807) is 0 Å². The molecular formula is C54H34N4. The highest BCUT2D eigenvalue weighted by atomic mass is 15.2. The summed E-state index contributed by atoms with van der Waals surface area (Å²) in [5, 5.41) is 8.36. The van der Waals surface area contributed by atoms with Crippen molar-refractivity contribution in [3.63, 3.8) is 0 Å². The molecule has 270 valence electrons. The van der Waals surface area contributed by atoms with Crippen LogP contribution in [-0.2, 0) is 0 Å². The third kappa shape index (κ3) is 5.02. The van der Waals surface area contributed by atoms with E-state index in [2.05, 4.69) is 203 Å². The number of nitrogens with zero attached hydrogens (tertiary/aromatic N) is 4. The number of aromatic nitrogens is 4. The first kappa shape index (κ1) is 32.4. The van der Waals surface area contributed by atoms with Gasteiger partial charge in [0.1, 0.15) is 0 Å². The van der Waals surface area contributed by atoms with Gasteiger partial charge in [0, 0.05) is 38.2 Å². The summed E-state index contributed by atoms with van der Waals surface area (Å²) in [6.07, 6.45) is 0. The lowest BCUT2D eigenvalue weighted by Crippen LogP contribution is -2.03. The van der Waals surface area contributed by atoms with Gasteiger partial charge in [0.2, 0.25) is 5.95 Å². The summed E-state index contributed by atoms with van der Waals surface area (Å²) >= 11 is 0. The third-order valence-electron chi connectivity index (χ3n) is 11.7. The quantitative estimate of drug-likeness (QED) is 0.176. The molecule has 0 saturated heterocycles. The Morgan fingerprint density at radius 3 is 1.64 bits per heavy atom. The van der Waals surface area contributed by atoms with Gasteiger partial charge in [-0.25, -0.2) is 9.97 Å². The smallest absolute Gasteiger partial charge is 0.235 e. The molecule has 0 unspecified atom stereocenters. The Labute approximate surface area is 334 Å². The Morgan fingerprint density at radius 2 is 0.862 bits per heavy atom. The van der Waals surface area contributed by atoms with E-state index in [0.717, 1.165) is 49.8 Å². The Bertz CT molecular complexity index is 3540. The molecule has 0 N–H and O–H groups in total. The molecule has 9 aromatic carbocycles. The maximum atomic E-state index is 5.28. The molecule has 3 aromatic heterocycles. The van der Waals surface area contributed by atoms with E-state index in [1.807, 2.05) is 12.1 Å². The first-order valence-corrected chi connectivity index (χ1v) is 19.7. The fraction of sp³-hybridized carbons (Fsp3) is 0. The second kappa shape index (κ2) is 12.9. The molecule has 12 rings (SSSR count). The topological polar surface area (TPSA) is 35.6 Å². The number of fused-ring (bicyclic) bond motifs is 9. The molecule has 0 spiro atoms. The molecule has 0 atom stereocenters. The minimum atomic E-state index is 0.661. The van der Waals surface area contributed by atoms with Gasteiger partial charge >= 0.3 is 0 Å². The molecule has 0 amide bonds. The Morgan fingerprint density at radius 1 is 0.310 bits per heavy atom. The summed E-state index contributed by atoms with van der Waals surface area (Å²) in [6.45, 7) is 0. The van der Waals surface area contributed by atoms with Crippen molar-refractivity contribution >= 4 is 65.3 Å². The van der Waals surface area contributed by atoms with Crippen LogP contribution in [0.3, 0.4) is 0 Å². The zero-order chi connectivity index (χ0) is 38.2. The van der Waals surface area contributed by atoms with Crippen molar-refractivity contribution in [3.8, 4) is 45.1 Å². The average Bonchev–Trinajstić information content (AvgIpc) is 3.82. The van der Waals surface area contributed by atoms with E-state index in [4.69, 9.17) is 9.97 Å². The summed E-state index contributed by atoms with van der Waals surface area (Å²) in [5.41, 5.74) is 13.3. The molecule has 0 bridgehead atoms. The highest BCUT2D eigenvalue weighted by molar-refractivity contribution is 6.22. The fourth-order valence-corrected chi connectivity index (χ4v) is 9.03. The number of rotatable bonds is 5. The van der Waals surface area contributed by atoms with Gasteiger partial charge in [-0.2, -0.15) is 0 Å². The molecular weight excluding hydrogens is 705 g/mol. The maximum absolute atomic E-state index is 5.28. The number of benzene rings is 9. The van der Waals surface area contributed by atoms with Crippen LogP contribution in [0.1, 0.15) is 0 Å².